The predicted octanol–water partition coefficient (Wildman–Crippen LogP) is 4.11. The Hall–Kier alpha value is -6.18. The average Bonchev–Trinajstić information content (AvgIpc) is 3.63. The highest BCUT2D eigenvalue weighted by molar-refractivity contribution is 5.99. The molecule has 13 nitrogen and oxygen atoms in total. The zero-order valence-electron chi connectivity index (χ0n) is 28.4. The first-order valence-electron chi connectivity index (χ1n) is 16.1. The van der Waals surface area contributed by atoms with Crippen LogP contribution in [0.3, 0.4) is 0 Å². The van der Waals surface area contributed by atoms with E-state index < -0.39 is 46.9 Å². The van der Waals surface area contributed by atoms with Gasteiger partial charge in [0.1, 0.15) is 12.1 Å². The molecule has 4 amide bonds. The van der Waals surface area contributed by atoms with Crippen molar-refractivity contribution in [2.45, 2.75) is 51.0 Å². The van der Waals surface area contributed by atoms with Crippen molar-refractivity contribution in [3.63, 3.8) is 0 Å². The van der Waals surface area contributed by atoms with E-state index >= 15 is 0 Å². The largest absolute Gasteiger partial charge is 0.416 e. The second-order valence-corrected chi connectivity index (χ2v) is 12.3. The summed E-state index contributed by atoms with van der Waals surface area (Å²) in [6, 6.07) is 28.4. The molecular weight excluding hydrogens is 652 g/mol. The lowest BCUT2D eigenvalue weighted by molar-refractivity contribution is -0.141. The summed E-state index contributed by atoms with van der Waals surface area (Å²) in [6.45, 7) is 5.77. The minimum absolute atomic E-state index is 0.236. The average molecular weight is 691 g/mol. The van der Waals surface area contributed by atoms with E-state index in [0.717, 1.165) is 0 Å². The molecular formula is C38H38N6O7. The van der Waals surface area contributed by atoms with Crippen LogP contribution in [-0.2, 0) is 30.4 Å². The molecule has 0 fully saturated rings. The molecule has 0 saturated heterocycles. The van der Waals surface area contributed by atoms with E-state index in [1.54, 1.807) is 109 Å². The van der Waals surface area contributed by atoms with Gasteiger partial charge in [0.2, 0.25) is 23.6 Å². The molecule has 0 spiro atoms. The van der Waals surface area contributed by atoms with Crippen LogP contribution in [-0.4, -0.2) is 56.1 Å². The zero-order chi connectivity index (χ0) is 36.8. The minimum atomic E-state index is -1.81. The molecule has 0 radical (unpaired) electrons. The van der Waals surface area contributed by atoms with E-state index in [4.69, 9.17) is 4.42 Å². The monoisotopic (exact) mass is 690 g/mol. The van der Waals surface area contributed by atoms with E-state index in [2.05, 4.69) is 31.5 Å². The number of aliphatic hydroxyl groups is 2. The number of rotatable bonds is 12. The Morgan fingerprint density at radius 1 is 0.569 bits per heavy atom. The Bertz CT molecular complexity index is 1850. The van der Waals surface area contributed by atoms with Crippen LogP contribution in [0.2, 0.25) is 0 Å². The highest BCUT2D eigenvalue weighted by Gasteiger charge is 2.35. The van der Waals surface area contributed by atoms with Gasteiger partial charge in [0, 0.05) is 22.5 Å². The first-order chi connectivity index (χ1) is 24.3. The van der Waals surface area contributed by atoms with Crippen LogP contribution in [0.1, 0.15) is 38.8 Å². The van der Waals surface area contributed by atoms with Gasteiger partial charge < -0.3 is 35.9 Å². The number of benzene rings is 4. The number of anilines is 2. The van der Waals surface area contributed by atoms with E-state index in [1.807, 2.05) is 0 Å². The van der Waals surface area contributed by atoms with Gasteiger partial charge in [-0.25, -0.2) is 0 Å². The smallest absolute Gasteiger partial charge is 0.256 e. The van der Waals surface area contributed by atoms with E-state index in [0.29, 0.717) is 33.6 Å². The Morgan fingerprint density at radius 3 is 1.24 bits per heavy atom. The summed E-state index contributed by atoms with van der Waals surface area (Å²) < 4.78 is 5.86. The maximum Gasteiger partial charge on any atom is 0.256 e. The van der Waals surface area contributed by atoms with Gasteiger partial charge in [0.15, 0.2) is 11.2 Å². The quantitative estimate of drug-likeness (QED) is 0.112. The number of carbonyl (C=O) groups excluding carboxylic acids is 4. The minimum Gasteiger partial charge on any atom is -0.416 e. The van der Waals surface area contributed by atoms with Crippen molar-refractivity contribution in [1.29, 1.82) is 0 Å². The van der Waals surface area contributed by atoms with Gasteiger partial charge in [0.25, 0.3) is 11.8 Å². The van der Waals surface area contributed by atoms with Gasteiger partial charge in [-0.1, -0.05) is 60.7 Å². The maximum absolute atomic E-state index is 12.8. The third kappa shape index (κ3) is 8.52. The number of nitrogens with zero attached hydrogens (tertiary/aromatic N) is 2. The summed E-state index contributed by atoms with van der Waals surface area (Å²) >= 11 is 0. The number of carbonyl (C=O) groups is 4. The zero-order valence-corrected chi connectivity index (χ0v) is 28.4. The molecule has 5 rings (SSSR count). The van der Waals surface area contributed by atoms with Gasteiger partial charge in [-0.05, 0) is 87.4 Å². The van der Waals surface area contributed by atoms with Crippen molar-refractivity contribution in [3.05, 3.63) is 120 Å². The molecule has 0 saturated carbocycles. The van der Waals surface area contributed by atoms with Crippen molar-refractivity contribution in [3.8, 4) is 22.9 Å². The molecule has 0 bridgehead atoms. The molecule has 0 aliphatic rings. The van der Waals surface area contributed by atoms with Crippen LogP contribution < -0.4 is 21.3 Å². The Labute approximate surface area is 294 Å². The van der Waals surface area contributed by atoms with Crippen molar-refractivity contribution in [2.24, 2.45) is 0 Å². The third-order valence-electron chi connectivity index (χ3n) is 8.26. The molecule has 4 aromatic carbocycles. The number of hydrogen-bond acceptors (Lipinski definition) is 9. The molecule has 5 aromatic rings. The predicted molar refractivity (Wildman–Crippen MR) is 190 cm³/mol. The van der Waals surface area contributed by atoms with Crippen molar-refractivity contribution >= 4 is 35.0 Å². The van der Waals surface area contributed by atoms with E-state index in [9.17, 15) is 29.4 Å². The highest BCUT2D eigenvalue weighted by Crippen LogP contribution is 2.27. The second kappa shape index (κ2) is 15.2. The lowest BCUT2D eigenvalue weighted by atomic mass is 9.95. The Balaban J connectivity index is 1.13. The van der Waals surface area contributed by atoms with Gasteiger partial charge in [-0.2, -0.15) is 0 Å². The van der Waals surface area contributed by atoms with Crippen molar-refractivity contribution < 1.29 is 33.8 Å². The Morgan fingerprint density at radius 2 is 0.902 bits per heavy atom. The molecule has 6 N–H and O–H groups in total. The fraction of sp³-hybridized carbons (Fsp3) is 0.211. The molecule has 0 unspecified atom stereocenters. The van der Waals surface area contributed by atoms with Crippen LogP contribution in [0.4, 0.5) is 11.4 Å². The van der Waals surface area contributed by atoms with Gasteiger partial charge in [-0.3, -0.25) is 19.2 Å². The van der Waals surface area contributed by atoms with Gasteiger partial charge in [-0.15, -0.1) is 10.2 Å². The molecule has 13 heteroatoms. The number of amides is 4. The van der Waals surface area contributed by atoms with Gasteiger partial charge >= 0.3 is 0 Å². The lowest BCUT2D eigenvalue weighted by Gasteiger charge is -2.25. The molecule has 51 heavy (non-hydrogen) atoms. The molecule has 0 aliphatic heterocycles. The van der Waals surface area contributed by atoms with Crippen molar-refractivity contribution in [2.75, 3.05) is 10.6 Å². The number of hydrogen-bond donors (Lipinski definition) is 6. The molecule has 0 aliphatic carbocycles. The van der Waals surface area contributed by atoms with E-state index in [-0.39, 0.29) is 11.8 Å². The summed E-state index contributed by atoms with van der Waals surface area (Å²) in [5.74, 6) is -1.89. The SMILES string of the molecule is C[C@H](NC(=O)[C@@](C)(O)c1ccccc1)C(=O)Nc1ccc(-c2nnc(-c3ccc(NC(=O)[C@H](C)NC(=O)[C@@](C)(O)c4ccccc4)cc3)o2)cc1. The summed E-state index contributed by atoms with van der Waals surface area (Å²) in [6.07, 6.45) is 0. The number of nitrogens with one attached hydrogen (secondary N) is 4. The topological polar surface area (TPSA) is 196 Å². The van der Waals surface area contributed by atoms with E-state index in [1.165, 1.54) is 27.7 Å². The molecule has 262 valence electrons. The fourth-order valence-electron chi connectivity index (χ4n) is 4.94. The summed E-state index contributed by atoms with van der Waals surface area (Å²) in [5.41, 5.74) is -0.700. The fourth-order valence-corrected chi connectivity index (χ4v) is 4.94. The van der Waals surface area contributed by atoms with Gasteiger partial charge in [0.05, 0.1) is 0 Å². The third-order valence-corrected chi connectivity index (χ3v) is 8.26. The standard InChI is InChI=1S/C38H38N6O7/c1-23(39-35(47)37(3,49)27-11-7-5-8-12-27)31(45)41-29-19-15-25(16-20-29)33-43-44-34(51-33)26-17-21-30(22-18-26)42-32(46)24(2)40-36(48)38(4,50)28-13-9-6-10-14-28/h5-24,49-50H,1-4H3,(H,39,47)(H,40,48)(H,41,45)(H,42,46)/t23-,24-,37-,38-/m0/s1. The van der Waals surface area contributed by atoms with Crippen molar-refractivity contribution in [1.82, 2.24) is 20.8 Å². The summed E-state index contributed by atoms with van der Waals surface area (Å²) in [5, 5.41) is 40.3. The highest BCUT2D eigenvalue weighted by atomic mass is 16.4. The second-order valence-electron chi connectivity index (χ2n) is 12.3. The summed E-state index contributed by atoms with van der Waals surface area (Å²) in [4.78, 5) is 51.0. The maximum atomic E-state index is 12.8. The van der Waals surface area contributed by atoms with Crippen LogP contribution in [0.25, 0.3) is 22.9 Å². The first-order valence-corrected chi connectivity index (χ1v) is 16.1. The van der Waals surface area contributed by atoms with Crippen LogP contribution >= 0.6 is 0 Å². The van der Waals surface area contributed by atoms with Crippen LogP contribution in [0.5, 0.6) is 0 Å². The first kappa shape index (κ1) is 36.1. The molecule has 4 atom stereocenters. The molecule has 1 aromatic heterocycles. The molecule has 1 heterocycles. The summed E-state index contributed by atoms with van der Waals surface area (Å²) in [7, 11) is 0. The van der Waals surface area contributed by atoms with Crippen LogP contribution in [0, 0.1) is 0 Å². The number of aromatic nitrogens is 2. The lowest BCUT2D eigenvalue weighted by Crippen LogP contribution is -2.49. The normalized spacial score (nSPS) is 14.5. The van der Waals surface area contributed by atoms with Crippen LogP contribution in [0.15, 0.2) is 114 Å². The Kier molecular flexibility index (Phi) is 10.7.